The van der Waals surface area contributed by atoms with E-state index in [1.54, 1.807) is 13.4 Å². The van der Waals surface area contributed by atoms with Gasteiger partial charge >= 0.3 is 0 Å². The highest BCUT2D eigenvalue weighted by Crippen LogP contribution is 2.31. The van der Waals surface area contributed by atoms with Gasteiger partial charge < -0.3 is 15.0 Å². The molecule has 0 saturated carbocycles. The second-order valence-corrected chi connectivity index (χ2v) is 5.02. The van der Waals surface area contributed by atoms with E-state index in [1.165, 1.54) is 0 Å². The highest BCUT2D eigenvalue weighted by Gasteiger charge is 2.09. The smallest absolute Gasteiger partial charge is 0.138 e. The quantitative estimate of drug-likeness (QED) is 0.906. The van der Waals surface area contributed by atoms with Crippen LogP contribution in [0.2, 0.25) is 0 Å². The zero-order valence-corrected chi connectivity index (χ0v) is 13.3. The molecule has 0 bridgehead atoms. The number of halogens is 1. The molecule has 1 aromatic heterocycles. The van der Waals surface area contributed by atoms with Crippen LogP contribution in [-0.4, -0.2) is 30.7 Å². The molecule has 0 atom stereocenters. The number of nitrogens with one attached hydrogen (secondary N) is 1. The molecule has 0 spiro atoms. The number of benzene rings is 1. The van der Waals surface area contributed by atoms with Gasteiger partial charge in [-0.3, -0.25) is 0 Å². The average molecular weight is 337 g/mol. The topological polar surface area (TPSA) is 50.3 Å². The first kappa shape index (κ1) is 14.6. The number of aromatic nitrogens is 2. The fourth-order valence-electron chi connectivity index (χ4n) is 1.80. The van der Waals surface area contributed by atoms with E-state index < -0.39 is 0 Å². The molecule has 0 aliphatic carbocycles. The summed E-state index contributed by atoms with van der Waals surface area (Å²) in [5.74, 6) is 2.45. The Balaban J connectivity index is 2.28. The van der Waals surface area contributed by atoms with Gasteiger partial charge in [0, 0.05) is 25.3 Å². The van der Waals surface area contributed by atoms with Gasteiger partial charge in [0.15, 0.2) is 0 Å². The number of ether oxygens (including phenoxy) is 1. The van der Waals surface area contributed by atoms with Crippen LogP contribution in [0.1, 0.15) is 6.92 Å². The van der Waals surface area contributed by atoms with Crippen LogP contribution in [0, 0.1) is 0 Å². The lowest BCUT2D eigenvalue weighted by Gasteiger charge is -2.19. The monoisotopic (exact) mass is 336 g/mol. The molecule has 20 heavy (non-hydrogen) atoms. The Morgan fingerprint density at radius 2 is 2.10 bits per heavy atom. The van der Waals surface area contributed by atoms with Crippen molar-refractivity contribution in [1.82, 2.24) is 9.97 Å². The number of hydrogen-bond acceptors (Lipinski definition) is 5. The van der Waals surface area contributed by atoms with Gasteiger partial charge in [-0.2, -0.15) is 0 Å². The molecule has 2 aromatic rings. The summed E-state index contributed by atoms with van der Waals surface area (Å²) in [6.45, 7) is 2.86. The molecule has 1 aromatic carbocycles. The lowest BCUT2D eigenvalue weighted by atomic mass is 10.3. The Kier molecular flexibility index (Phi) is 4.79. The van der Waals surface area contributed by atoms with Gasteiger partial charge in [-0.05, 0) is 41.1 Å². The highest BCUT2D eigenvalue weighted by atomic mass is 79.9. The first-order chi connectivity index (χ1) is 9.65. The second-order valence-electron chi connectivity index (χ2n) is 4.17. The van der Waals surface area contributed by atoms with Crippen molar-refractivity contribution in [3.05, 3.63) is 35.1 Å². The van der Waals surface area contributed by atoms with Crippen LogP contribution in [0.25, 0.3) is 0 Å². The van der Waals surface area contributed by atoms with Crippen molar-refractivity contribution in [2.24, 2.45) is 0 Å². The molecule has 1 heterocycles. The summed E-state index contributed by atoms with van der Waals surface area (Å²) in [7, 11) is 3.61. The first-order valence-electron chi connectivity index (χ1n) is 6.29. The number of nitrogens with zero attached hydrogens (tertiary/aromatic N) is 3. The Bertz CT molecular complexity index is 591. The molecular weight excluding hydrogens is 320 g/mol. The fourth-order valence-corrected chi connectivity index (χ4v) is 2.33. The predicted octanol–water partition coefficient (Wildman–Crippen LogP) is 3.45. The molecule has 0 aliphatic heterocycles. The highest BCUT2D eigenvalue weighted by molar-refractivity contribution is 9.10. The maximum Gasteiger partial charge on any atom is 0.138 e. The van der Waals surface area contributed by atoms with Crippen molar-refractivity contribution < 1.29 is 4.74 Å². The lowest BCUT2D eigenvalue weighted by Crippen LogP contribution is -2.12. The number of methoxy groups -OCH3 is 1. The SMILES string of the molecule is CCNc1cc(N(C)c2ccc(OC)c(Br)c2)ncn1. The van der Waals surface area contributed by atoms with Crippen molar-refractivity contribution in [2.75, 3.05) is 30.9 Å². The summed E-state index contributed by atoms with van der Waals surface area (Å²) in [6.07, 6.45) is 1.56. The summed E-state index contributed by atoms with van der Waals surface area (Å²) in [6, 6.07) is 7.82. The first-order valence-corrected chi connectivity index (χ1v) is 7.08. The maximum absolute atomic E-state index is 5.24. The van der Waals surface area contributed by atoms with Crippen LogP contribution < -0.4 is 15.0 Å². The van der Waals surface area contributed by atoms with Crippen molar-refractivity contribution in [1.29, 1.82) is 0 Å². The molecule has 0 saturated heterocycles. The van der Waals surface area contributed by atoms with Gasteiger partial charge in [0.05, 0.1) is 11.6 Å². The van der Waals surface area contributed by atoms with E-state index in [-0.39, 0.29) is 0 Å². The molecule has 0 radical (unpaired) electrons. The molecule has 0 unspecified atom stereocenters. The van der Waals surface area contributed by atoms with E-state index in [1.807, 2.05) is 43.1 Å². The van der Waals surface area contributed by atoms with Gasteiger partial charge in [-0.25, -0.2) is 9.97 Å². The summed E-state index contributed by atoms with van der Waals surface area (Å²) in [5.41, 5.74) is 1.01. The molecule has 106 valence electrons. The summed E-state index contributed by atoms with van der Waals surface area (Å²) in [4.78, 5) is 10.5. The molecule has 5 nitrogen and oxygen atoms in total. The van der Waals surface area contributed by atoms with E-state index in [0.29, 0.717) is 0 Å². The third-order valence-electron chi connectivity index (χ3n) is 2.88. The molecule has 1 N–H and O–H groups in total. The largest absolute Gasteiger partial charge is 0.496 e. The number of hydrogen-bond donors (Lipinski definition) is 1. The van der Waals surface area contributed by atoms with Gasteiger partial charge in [0.2, 0.25) is 0 Å². The molecular formula is C14H17BrN4O. The van der Waals surface area contributed by atoms with E-state index in [9.17, 15) is 0 Å². The van der Waals surface area contributed by atoms with E-state index in [0.717, 1.165) is 34.1 Å². The van der Waals surface area contributed by atoms with Crippen molar-refractivity contribution >= 4 is 33.3 Å². The molecule has 0 fully saturated rings. The molecule has 0 aliphatic rings. The minimum absolute atomic E-state index is 0.804. The van der Waals surface area contributed by atoms with Crippen molar-refractivity contribution in [2.45, 2.75) is 6.92 Å². The Morgan fingerprint density at radius 1 is 1.30 bits per heavy atom. The van der Waals surface area contributed by atoms with Crippen molar-refractivity contribution in [3.63, 3.8) is 0 Å². The van der Waals surface area contributed by atoms with Crippen LogP contribution in [0.4, 0.5) is 17.3 Å². The van der Waals surface area contributed by atoms with Crippen LogP contribution in [0.5, 0.6) is 5.75 Å². The zero-order chi connectivity index (χ0) is 14.5. The second kappa shape index (κ2) is 6.56. The molecule has 0 amide bonds. The zero-order valence-electron chi connectivity index (χ0n) is 11.7. The normalized spacial score (nSPS) is 10.2. The van der Waals surface area contributed by atoms with E-state index in [2.05, 4.69) is 31.2 Å². The maximum atomic E-state index is 5.24. The number of rotatable bonds is 5. The number of anilines is 3. The lowest BCUT2D eigenvalue weighted by molar-refractivity contribution is 0.412. The minimum atomic E-state index is 0.804. The van der Waals surface area contributed by atoms with Crippen LogP contribution in [0.3, 0.4) is 0 Å². The average Bonchev–Trinajstić information content (AvgIpc) is 2.47. The Morgan fingerprint density at radius 3 is 2.75 bits per heavy atom. The molecule has 2 rings (SSSR count). The van der Waals surface area contributed by atoms with E-state index in [4.69, 9.17) is 4.74 Å². The summed E-state index contributed by atoms with van der Waals surface area (Å²) in [5, 5.41) is 3.18. The summed E-state index contributed by atoms with van der Waals surface area (Å²) >= 11 is 3.49. The Labute approximate surface area is 127 Å². The summed E-state index contributed by atoms with van der Waals surface area (Å²) < 4.78 is 6.14. The third kappa shape index (κ3) is 3.19. The minimum Gasteiger partial charge on any atom is -0.496 e. The predicted molar refractivity (Wildman–Crippen MR) is 85.0 cm³/mol. The van der Waals surface area contributed by atoms with Gasteiger partial charge in [-0.1, -0.05) is 0 Å². The van der Waals surface area contributed by atoms with Gasteiger partial charge in [0.1, 0.15) is 23.7 Å². The fraction of sp³-hybridized carbons (Fsp3) is 0.286. The van der Waals surface area contributed by atoms with E-state index >= 15 is 0 Å². The van der Waals surface area contributed by atoms with Crippen LogP contribution in [-0.2, 0) is 0 Å². The van der Waals surface area contributed by atoms with Gasteiger partial charge in [0.25, 0.3) is 0 Å². The van der Waals surface area contributed by atoms with Crippen LogP contribution >= 0.6 is 15.9 Å². The van der Waals surface area contributed by atoms with Crippen molar-refractivity contribution in [3.8, 4) is 5.75 Å². The standard InChI is InChI=1S/C14H17BrN4O/c1-4-16-13-8-14(18-9-17-13)19(2)10-5-6-12(20-3)11(15)7-10/h5-9H,4H2,1-3H3,(H,16,17,18). The third-order valence-corrected chi connectivity index (χ3v) is 3.50. The van der Waals surface area contributed by atoms with Gasteiger partial charge in [-0.15, -0.1) is 0 Å². The van der Waals surface area contributed by atoms with Crippen LogP contribution in [0.15, 0.2) is 35.1 Å². The Hall–Kier alpha value is -1.82. The molecule has 6 heteroatoms.